The van der Waals surface area contributed by atoms with Crippen LogP contribution < -0.4 is 4.74 Å². The van der Waals surface area contributed by atoms with Crippen LogP contribution in [0.4, 0.5) is 0 Å². The fourth-order valence-corrected chi connectivity index (χ4v) is 7.11. The van der Waals surface area contributed by atoms with Gasteiger partial charge in [-0.2, -0.15) is 0 Å². The SMILES string of the molecule is COc1cnc2c(c1)c(-c1nc(-c3cccc([C@]4(O)CCN(C)C4=O)c3)cs1)cn2S(=O)(=O)c1ccc(C)cc1. The number of likely N-dealkylation sites (tertiary alicyclic amines) is 1. The molecule has 1 aliphatic heterocycles. The number of aromatic nitrogens is 3. The lowest BCUT2D eigenvalue weighted by Gasteiger charge is -2.21. The maximum atomic E-state index is 13.6. The topological polar surface area (TPSA) is 115 Å². The number of rotatable bonds is 6. The molecule has 1 atom stereocenters. The molecule has 11 heteroatoms. The Bertz CT molecular complexity index is 1880. The van der Waals surface area contributed by atoms with Crippen molar-refractivity contribution >= 4 is 38.3 Å². The number of benzene rings is 2. The van der Waals surface area contributed by atoms with Gasteiger partial charge in [0.2, 0.25) is 0 Å². The molecule has 1 aliphatic rings. The summed E-state index contributed by atoms with van der Waals surface area (Å²) in [6, 6.07) is 15.6. The van der Waals surface area contributed by atoms with Crippen molar-refractivity contribution in [3.8, 4) is 27.6 Å². The number of nitrogens with zero attached hydrogens (tertiary/aromatic N) is 4. The Hall–Kier alpha value is -4.06. The fourth-order valence-electron chi connectivity index (χ4n) is 4.94. The predicted molar refractivity (Wildman–Crippen MR) is 153 cm³/mol. The summed E-state index contributed by atoms with van der Waals surface area (Å²) in [5.41, 5.74) is 2.14. The van der Waals surface area contributed by atoms with Crippen molar-refractivity contribution in [3.63, 3.8) is 0 Å². The first-order chi connectivity index (χ1) is 19.1. The van der Waals surface area contributed by atoms with E-state index in [2.05, 4.69) is 4.98 Å². The van der Waals surface area contributed by atoms with Gasteiger partial charge in [-0.3, -0.25) is 4.79 Å². The minimum Gasteiger partial charge on any atom is -0.495 e. The Kier molecular flexibility index (Phi) is 6.25. The number of pyridine rings is 1. The van der Waals surface area contributed by atoms with Crippen molar-refractivity contribution in [1.82, 2.24) is 18.8 Å². The average molecular weight is 575 g/mol. The molecule has 1 saturated heterocycles. The second kappa shape index (κ2) is 9.54. The van der Waals surface area contributed by atoms with E-state index in [1.54, 1.807) is 61.8 Å². The Balaban J connectivity index is 1.45. The van der Waals surface area contributed by atoms with Gasteiger partial charge in [0.05, 0.1) is 23.9 Å². The van der Waals surface area contributed by atoms with Crippen LogP contribution in [0.5, 0.6) is 5.75 Å². The standard InChI is InChI=1S/C29H26N4O5S2/c1-18-7-9-22(10-8-18)40(36,37)33-16-24(23-14-21(38-3)15-30-26(23)33)27-31-25(17-39-27)19-5-4-6-20(13-19)29(35)11-12-32(2)28(29)34/h4-10,13-17,35H,11-12H2,1-3H3/t29-/m1/s1. The molecule has 4 heterocycles. The molecule has 2 aromatic carbocycles. The van der Waals surface area contributed by atoms with E-state index in [0.717, 1.165) is 11.1 Å². The number of carbonyl (C=O) groups excluding carboxylic acids is 1. The van der Waals surface area contributed by atoms with Gasteiger partial charge in [-0.25, -0.2) is 22.4 Å². The third-order valence-corrected chi connectivity index (χ3v) is 9.82. The van der Waals surface area contributed by atoms with Gasteiger partial charge in [0, 0.05) is 48.1 Å². The number of fused-ring (bicyclic) bond motifs is 1. The molecule has 9 nitrogen and oxygen atoms in total. The molecular weight excluding hydrogens is 548 g/mol. The largest absolute Gasteiger partial charge is 0.495 e. The highest BCUT2D eigenvalue weighted by molar-refractivity contribution is 7.90. The highest BCUT2D eigenvalue weighted by atomic mass is 32.2. The summed E-state index contributed by atoms with van der Waals surface area (Å²) < 4.78 is 33.9. The molecule has 204 valence electrons. The number of aliphatic hydroxyl groups is 1. The summed E-state index contributed by atoms with van der Waals surface area (Å²) in [4.78, 5) is 23.6. The second-order valence-corrected chi connectivity index (χ2v) is 12.5. The summed E-state index contributed by atoms with van der Waals surface area (Å²) in [6.07, 6.45) is 3.34. The number of hydrogen-bond donors (Lipinski definition) is 1. The van der Waals surface area contributed by atoms with Gasteiger partial charge < -0.3 is 14.7 Å². The molecule has 0 bridgehead atoms. The molecule has 0 spiro atoms. The molecule has 0 radical (unpaired) electrons. The van der Waals surface area contributed by atoms with Crippen molar-refractivity contribution < 1.29 is 23.1 Å². The lowest BCUT2D eigenvalue weighted by atomic mass is 9.90. The van der Waals surface area contributed by atoms with Gasteiger partial charge in [-0.15, -0.1) is 11.3 Å². The van der Waals surface area contributed by atoms with E-state index < -0.39 is 15.6 Å². The Morgan fingerprint density at radius 2 is 1.90 bits per heavy atom. The van der Waals surface area contributed by atoms with E-state index in [1.165, 1.54) is 33.5 Å². The molecule has 5 aromatic rings. The Morgan fingerprint density at radius 1 is 1.12 bits per heavy atom. The summed E-state index contributed by atoms with van der Waals surface area (Å²) in [6.45, 7) is 2.38. The maximum Gasteiger partial charge on any atom is 0.269 e. The summed E-state index contributed by atoms with van der Waals surface area (Å²) in [5.74, 6) is 0.163. The van der Waals surface area contributed by atoms with Crippen molar-refractivity contribution in [2.75, 3.05) is 20.7 Å². The molecule has 1 amide bonds. The molecule has 0 aliphatic carbocycles. The quantitative estimate of drug-likeness (QED) is 0.319. The van der Waals surface area contributed by atoms with Gasteiger partial charge in [0.15, 0.2) is 11.2 Å². The van der Waals surface area contributed by atoms with Crippen LogP contribution >= 0.6 is 11.3 Å². The van der Waals surface area contributed by atoms with E-state index in [9.17, 15) is 18.3 Å². The summed E-state index contributed by atoms with van der Waals surface area (Å²) in [7, 11) is -0.737. The van der Waals surface area contributed by atoms with Gasteiger partial charge in [0.1, 0.15) is 10.8 Å². The average Bonchev–Trinajstić information content (AvgIpc) is 3.67. The molecule has 1 fully saturated rings. The van der Waals surface area contributed by atoms with Crippen LogP contribution in [0.3, 0.4) is 0 Å². The van der Waals surface area contributed by atoms with Gasteiger partial charge in [-0.05, 0) is 36.8 Å². The second-order valence-electron chi connectivity index (χ2n) is 9.86. The zero-order chi connectivity index (χ0) is 28.2. The molecule has 1 N–H and O–H groups in total. The van der Waals surface area contributed by atoms with Gasteiger partial charge >= 0.3 is 0 Å². The smallest absolute Gasteiger partial charge is 0.269 e. The molecule has 0 unspecified atom stereocenters. The van der Waals surface area contributed by atoms with Crippen LogP contribution in [0.15, 0.2) is 77.3 Å². The molecule has 40 heavy (non-hydrogen) atoms. The number of thiazole rings is 1. The van der Waals surface area contributed by atoms with Crippen LogP contribution in [-0.2, 0) is 20.4 Å². The lowest BCUT2D eigenvalue weighted by molar-refractivity contribution is -0.143. The van der Waals surface area contributed by atoms with Crippen molar-refractivity contribution in [3.05, 3.63) is 83.5 Å². The maximum absolute atomic E-state index is 13.6. The fraction of sp³-hybridized carbons (Fsp3) is 0.207. The first-order valence-electron chi connectivity index (χ1n) is 12.5. The molecule has 3 aromatic heterocycles. The van der Waals surface area contributed by atoms with E-state index in [4.69, 9.17) is 9.72 Å². The molecule has 6 rings (SSSR count). The number of carbonyl (C=O) groups is 1. The Morgan fingerprint density at radius 3 is 2.60 bits per heavy atom. The van der Waals surface area contributed by atoms with Crippen molar-refractivity contribution in [2.24, 2.45) is 0 Å². The number of methoxy groups -OCH3 is 1. The number of hydrogen-bond acceptors (Lipinski definition) is 8. The van der Waals surface area contributed by atoms with Gasteiger partial charge in [-0.1, -0.05) is 35.9 Å². The number of amides is 1. The monoisotopic (exact) mass is 574 g/mol. The number of likely N-dealkylation sites (N-methyl/N-ethyl adjacent to an activating group) is 1. The van der Waals surface area contributed by atoms with Crippen molar-refractivity contribution in [2.45, 2.75) is 23.8 Å². The van der Waals surface area contributed by atoms with Crippen LogP contribution in [0.1, 0.15) is 17.5 Å². The first kappa shape index (κ1) is 26.2. The number of aryl methyl sites for hydroxylation is 1. The van der Waals surface area contributed by atoms with E-state index in [1.807, 2.05) is 18.4 Å². The van der Waals surface area contributed by atoms with Crippen LogP contribution in [0.25, 0.3) is 32.9 Å². The van der Waals surface area contributed by atoms with E-state index >= 15 is 0 Å². The summed E-state index contributed by atoms with van der Waals surface area (Å²) >= 11 is 1.36. The minimum atomic E-state index is -3.94. The van der Waals surface area contributed by atoms with Crippen LogP contribution in [0, 0.1) is 6.92 Å². The van der Waals surface area contributed by atoms with Crippen LogP contribution in [-0.4, -0.2) is 59.0 Å². The third-order valence-electron chi connectivity index (χ3n) is 7.28. The third kappa shape index (κ3) is 4.17. The van der Waals surface area contributed by atoms with E-state index in [0.29, 0.717) is 45.9 Å². The summed E-state index contributed by atoms with van der Waals surface area (Å²) in [5, 5.41) is 14.2. The highest BCUT2D eigenvalue weighted by Crippen LogP contribution is 2.39. The van der Waals surface area contributed by atoms with Gasteiger partial charge in [0.25, 0.3) is 15.9 Å². The van der Waals surface area contributed by atoms with Crippen molar-refractivity contribution in [1.29, 1.82) is 0 Å². The van der Waals surface area contributed by atoms with E-state index in [-0.39, 0.29) is 16.4 Å². The highest BCUT2D eigenvalue weighted by Gasteiger charge is 2.45. The zero-order valence-corrected chi connectivity index (χ0v) is 23.7. The predicted octanol–water partition coefficient (Wildman–Crippen LogP) is 4.43. The minimum absolute atomic E-state index is 0.154. The Labute approximate surface area is 235 Å². The number of ether oxygens (including phenoxy) is 1. The molecular formula is C29H26N4O5S2. The zero-order valence-electron chi connectivity index (χ0n) is 22.0. The van der Waals surface area contributed by atoms with Crippen LogP contribution in [0.2, 0.25) is 0 Å². The lowest BCUT2D eigenvalue weighted by Crippen LogP contribution is -2.36. The molecule has 0 saturated carbocycles. The first-order valence-corrected chi connectivity index (χ1v) is 14.9. The normalized spacial score (nSPS) is 17.6.